The lowest BCUT2D eigenvalue weighted by atomic mass is 10.0. The molecule has 0 saturated carbocycles. The van der Waals surface area contributed by atoms with E-state index in [4.69, 9.17) is 25.2 Å². The Kier molecular flexibility index (Phi) is 5.33. The number of benzene rings is 2. The number of esters is 1. The van der Waals surface area contributed by atoms with Crippen LogP contribution in [0.1, 0.15) is 21.9 Å². The van der Waals surface area contributed by atoms with Crippen molar-refractivity contribution in [3.63, 3.8) is 0 Å². The van der Waals surface area contributed by atoms with Crippen LogP contribution in [0.15, 0.2) is 68.2 Å². The second kappa shape index (κ2) is 8.08. The number of halogens is 1. The minimum Gasteiger partial charge on any atom is -0.487 e. The maximum atomic E-state index is 12.1. The summed E-state index contributed by atoms with van der Waals surface area (Å²) in [5.41, 5.74) is 2.17. The molecule has 6 nitrogen and oxygen atoms in total. The molecule has 0 aliphatic heterocycles. The Hall–Kier alpha value is -3.51. The van der Waals surface area contributed by atoms with E-state index in [-0.39, 0.29) is 12.4 Å². The average Bonchev–Trinajstić information content (AvgIpc) is 3.12. The van der Waals surface area contributed by atoms with E-state index < -0.39 is 11.6 Å². The Morgan fingerprint density at radius 2 is 1.83 bits per heavy atom. The van der Waals surface area contributed by atoms with Gasteiger partial charge in [-0.25, -0.2) is 9.59 Å². The zero-order valence-corrected chi connectivity index (χ0v) is 17.0. The summed E-state index contributed by atoms with van der Waals surface area (Å²) in [6.45, 7) is 1.83. The van der Waals surface area contributed by atoms with Crippen LogP contribution in [0.2, 0.25) is 5.02 Å². The number of carbonyl (C=O) groups excluding carboxylic acids is 1. The number of carbonyl (C=O) groups is 1. The number of hydrogen-bond acceptors (Lipinski definition) is 6. The SMILES string of the molecule is COC(=O)c1cc(COc2cc3oc(=O)cc(-c4ccccc4)c3cc2Cl)c(C)o1. The van der Waals surface area contributed by atoms with Crippen LogP contribution in [0.4, 0.5) is 0 Å². The first-order chi connectivity index (χ1) is 14.5. The Morgan fingerprint density at radius 3 is 2.57 bits per heavy atom. The van der Waals surface area contributed by atoms with Gasteiger partial charge in [0.15, 0.2) is 0 Å². The predicted molar refractivity (Wildman–Crippen MR) is 112 cm³/mol. The summed E-state index contributed by atoms with van der Waals surface area (Å²) in [5.74, 6) is 0.406. The van der Waals surface area contributed by atoms with Gasteiger partial charge in [0, 0.05) is 23.1 Å². The highest BCUT2D eigenvalue weighted by Crippen LogP contribution is 2.35. The molecule has 0 amide bonds. The van der Waals surface area contributed by atoms with Crippen LogP contribution >= 0.6 is 11.6 Å². The summed E-state index contributed by atoms with van der Waals surface area (Å²) in [4.78, 5) is 23.7. The standard InChI is InChI=1S/C23H17ClO6/c1-13-15(8-21(29-13)23(26)27-2)12-28-20-11-19-17(9-18(20)24)16(10-22(25)30-19)14-6-4-3-5-7-14/h3-11H,12H2,1-2H3. The minimum atomic E-state index is -0.566. The molecular weight excluding hydrogens is 408 g/mol. The molecule has 2 heterocycles. The van der Waals surface area contributed by atoms with Gasteiger partial charge in [-0.15, -0.1) is 0 Å². The van der Waals surface area contributed by atoms with Crippen molar-refractivity contribution in [3.8, 4) is 16.9 Å². The molecule has 0 aliphatic carbocycles. The van der Waals surface area contributed by atoms with Gasteiger partial charge in [0.2, 0.25) is 5.76 Å². The number of rotatable bonds is 5. The fraction of sp³-hybridized carbons (Fsp3) is 0.130. The third kappa shape index (κ3) is 3.82. The first-order valence-corrected chi connectivity index (χ1v) is 9.47. The van der Waals surface area contributed by atoms with Crippen LogP contribution in [-0.4, -0.2) is 13.1 Å². The van der Waals surface area contributed by atoms with Crippen LogP contribution < -0.4 is 10.4 Å². The average molecular weight is 425 g/mol. The van der Waals surface area contributed by atoms with Crippen LogP contribution in [0.3, 0.4) is 0 Å². The van der Waals surface area contributed by atoms with Gasteiger partial charge in [0.05, 0.1) is 12.1 Å². The molecule has 0 atom stereocenters. The monoisotopic (exact) mass is 424 g/mol. The Labute approximate surface area is 176 Å². The summed E-state index contributed by atoms with van der Waals surface area (Å²) in [6.07, 6.45) is 0. The molecule has 7 heteroatoms. The molecule has 2 aromatic carbocycles. The van der Waals surface area contributed by atoms with Crippen LogP contribution in [-0.2, 0) is 11.3 Å². The molecule has 0 saturated heterocycles. The largest absolute Gasteiger partial charge is 0.487 e. The number of aryl methyl sites for hydroxylation is 1. The third-order valence-electron chi connectivity index (χ3n) is 4.67. The normalized spacial score (nSPS) is 10.9. The molecule has 0 aliphatic rings. The van der Waals surface area contributed by atoms with Gasteiger partial charge in [0.1, 0.15) is 23.7 Å². The van der Waals surface area contributed by atoms with Crippen molar-refractivity contribution >= 4 is 28.5 Å². The predicted octanol–water partition coefficient (Wildman–Crippen LogP) is 5.38. The Bertz CT molecular complexity index is 1290. The second-order valence-electron chi connectivity index (χ2n) is 6.60. The molecule has 30 heavy (non-hydrogen) atoms. The topological polar surface area (TPSA) is 78.9 Å². The number of fused-ring (bicyclic) bond motifs is 1. The van der Waals surface area contributed by atoms with Gasteiger partial charge < -0.3 is 18.3 Å². The lowest BCUT2D eigenvalue weighted by Crippen LogP contribution is -2.00. The Balaban J connectivity index is 1.68. The quantitative estimate of drug-likeness (QED) is 0.316. The van der Waals surface area contributed by atoms with Crippen LogP contribution in [0, 0.1) is 6.92 Å². The van der Waals surface area contributed by atoms with Crippen LogP contribution in [0.5, 0.6) is 5.75 Å². The summed E-state index contributed by atoms with van der Waals surface area (Å²) < 4.78 is 21.2. The van der Waals surface area contributed by atoms with Crippen molar-refractivity contribution in [1.82, 2.24) is 0 Å². The van der Waals surface area contributed by atoms with Crippen molar-refractivity contribution in [3.05, 3.63) is 87.1 Å². The lowest BCUT2D eigenvalue weighted by Gasteiger charge is -2.11. The minimum absolute atomic E-state index is 0.0942. The van der Waals surface area contributed by atoms with Crippen molar-refractivity contribution in [1.29, 1.82) is 0 Å². The van der Waals surface area contributed by atoms with Crippen LogP contribution in [0.25, 0.3) is 22.1 Å². The van der Waals surface area contributed by atoms with Crippen molar-refractivity contribution in [2.24, 2.45) is 0 Å². The molecule has 0 radical (unpaired) electrons. The molecular formula is C23H17ClO6. The van der Waals surface area contributed by atoms with Gasteiger partial charge in [0.25, 0.3) is 0 Å². The van der Waals surface area contributed by atoms with Crippen molar-refractivity contribution < 1.29 is 23.1 Å². The first-order valence-electron chi connectivity index (χ1n) is 9.09. The molecule has 0 fully saturated rings. The van der Waals surface area contributed by atoms with Gasteiger partial charge >= 0.3 is 11.6 Å². The highest BCUT2D eigenvalue weighted by molar-refractivity contribution is 6.33. The number of methoxy groups -OCH3 is 1. The van der Waals surface area contributed by atoms with E-state index in [1.54, 1.807) is 25.1 Å². The van der Waals surface area contributed by atoms with E-state index in [0.29, 0.717) is 33.1 Å². The van der Waals surface area contributed by atoms with Gasteiger partial charge in [-0.2, -0.15) is 0 Å². The molecule has 4 rings (SSSR count). The molecule has 152 valence electrons. The fourth-order valence-corrected chi connectivity index (χ4v) is 3.37. The van der Waals surface area contributed by atoms with Crippen molar-refractivity contribution in [2.75, 3.05) is 7.11 Å². The number of ether oxygens (including phenoxy) is 2. The maximum Gasteiger partial charge on any atom is 0.373 e. The van der Waals surface area contributed by atoms with Gasteiger partial charge in [-0.05, 0) is 30.2 Å². The summed E-state index contributed by atoms with van der Waals surface area (Å²) in [7, 11) is 1.28. The zero-order valence-electron chi connectivity index (χ0n) is 16.2. The second-order valence-corrected chi connectivity index (χ2v) is 7.00. The molecule has 2 aromatic heterocycles. The van der Waals surface area contributed by atoms with E-state index >= 15 is 0 Å². The first kappa shape index (κ1) is 19.8. The van der Waals surface area contributed by atoms with E-state index in [1.807, 2.05) is 30.3 Å². The summed E-state index contributed by atoms with van der Waals surface area (Å²) in [5, 5.41) is 1.06. The van der Waals surface area contributed by atoms with Gasteiger partial charge in [-0.1, -0.05) is 41.9 Å². The maximum absolute atomic E-state index is 12.1. The van der Waals surface area contributed by atoms with Crippen molar-refractivity contribution in [2.45, 2.75) is 13.5 Å². The molecule has 0 N–H and O–H groups in total. The summed E-state index contributed by atoms with van der Waals surface area (Å²) >= 11 is 6.44. The number of hydrogen-bond donors (Lipinski definition) is 0. The van der Waals surface area contributed by atoms with E-state index in [2.05, 4.69) is 4.74 Å². The molecule has 0 bridgehead atoms. The molecule has 0 spiro atoms. The molecule has 4 aromatic rings. The van der Waals surface area contributed by atoms with E-state index in [1.165, 1.54) is 13.2 Å². The highest BCUT2D eigenvalue weighted by atomic mass is 35.5. The van der Waals surface area contributed by atoms with E-state index in [9.17, 15) is 9.59 Å². The Morgan fingerprint density at radius 1 is 1.07 bits per heavy atom. The number of furan rings is 1. The smallest absolute Gasteiger partial charge is 0.373 e. The zero-order chi connectivity index (χ0) is 21.3. The fourth-order valence-electron chi connectivity index (χ4n) is 3.15. The lowest BCUT2D eigenvalue weighted by molar-refractivity contribution is 0.0563. The third-order valence-corrected chi connectivity index (χ3v) is 4.97. The van der Waals surface area contributed by atoms with E-state index in [0.717, 1.165) is 11.1 Å². The van der Waals surface area contributed by atoms with Gasteiger partial charge in [-0.3, -0.25) is 0 Å². The summed E-state index contributed by atoms with van der Waals surface area (Å²) in [6, 6.07) is 15.8. The highest BCUT2D eigenvalue weighted by Gasteiger charge is 2.17. The molecule has 0 unspecified atom stereocenters.